The lowest BCUT2D eigenvalue weighted by Crippen LogP contribution is -2.42. The van der Waals surface area contributed by atoms with Crippen LogP contribution in [0.15, 0.2) is 30.3 Å². The molecule has 0 fully saturated rings. The van der Waals surface area contributed by atoms with Crippen LogP contribution < -0.4 is 20.1 Å². The van der Waals surface area contributed by atoms with Crippen molar-refractivity contribution >= 4 is 35.0 Å². The number of carbonyl (C=O) groups is 2. The molecule has 0 aliphatic carbocycles. The zero-order valence-electron chi connectivity index (χ0n) is 16.7. The van der Waals surface area contributed by atoms with Crippen LogP contribution in [0.4, 0.5) is 8.78 Å². The largest absolute Gasteiger partial charge is 0.484 e. The third kappa shape index (κ3) is 6.21. The number of carbonyl (C=O) groups excluding carboxylic acids is 2. The van der Waals surface area contributed by atoms with Crippen LogP contribution in [-0.2, 0) is 9.59 Å². The average molecular weight is 489 g/mol. The van der Waals surface area contributed by atoms with Gasteiger partial charge in [-0.05, 0) is 24.6 Å². The standard InChI is InChI=1S/C21H20Cl2F2N2O5/c22-13-3-2-11(6-14(13)23)31-10-20(29)26-4-1-5-27-21(30)19-9-17(28)12-7-15(24)16(25)8-18(12)32-19/h2-3,6-8,17,19,28H,1,4-5,9-10H2,(H,26,29)(H,27,30)/t17-,19-/m0/s1. The zero-order valence-corrected chi connectivity index (χ0v) is 18.2. The minimum atomic E-state index is -1.15. The van der Waals surface area contributed by atoms with Crippen LogP contribution in [-0.4, -0.2) is 42.7 Å². The fourth-order valence-corrected chi connectivity index (χ4v) is 3.29. The number of aliphatic hydroxyl groups is 1. The molecule has 7 nitrogen and oxygen atoms in total. The molecule has 2 aromatic rings. The Morgan fingerprint density at radius 3 is 2.56 bits per heavy atom. The summed E-state index contributed by atoms with van der Waals surface area (Å²) in [5.74, 6) is -2.76. The molecule has 1 aliphatic rings. The Morgan fingerprint density at radius 2 is 1.81 bits per heavy atom. The summed E-state index contributed by atoms with van der Waals surface area (Å²) < 4.78 is 37.5. The van der Waals surface area contributed by atoms with Crippen LogP contribution in [0.3, 0.4) is 0 Å². The summed E-state index contributed by atoms with van der Waals surface area (Å²) in [6.07, 6.45) is -1.86. The van der Waals surface area contributed by atoms with Gasteiger partial charge in [-0.15, -0.1) is 0 Å². The molecule has 2 atom stereocenters. The van der Waals surface area contributed by atoms with Gasteiger partial charge in [0, 0.05) is 37.2 Å². The molecule has 0 aromatic heterocycles. The molecule has 0 saturated heterocycles. The monoisotopic (exact) mass is 488 g/mol. The molecule has 3 rings (SSSR count). The van der Waals surface area contributed by atoms with E-state index in [1.165, 1.54) is 6.07 Å². The summed E-state index contributed by atoms with van der Waals surface area (Å²) in [5.41, 5.74) is 0.0961. The molecule has 2 amide bonds. The van der Waals surface area contributed by atoms with E-state index in [4.69, 9.17) is 32.7 Å². The molecule has 1 heterocycles. The van der Waals surface area contributed by atoms with Gasteiger partial charge in [-0.3, -0.25) is 9.59 Å². The Morgan fingerprint density at radius 1 is 1.09 bits per heavy atom. The van der Waals surface area contributed by atoms with Crippen molar-refractivity contribution < 1.29 is 33.0 Å². The van der Waals surface area contributed by atoms with Crippen molar-refractivity contribution in [2.75, 3.05) is 19.7 Å². The lowest BCUT2D eigenvalue weighted by molar-refractivity contribution is -0.130. The Kier molecular flexibility index (Phi) is 8.11. The third-order valence-electron chi connectivity index (χ3n) is 4.65. The summed E-state index contributed by atoms with van der Waals surface area (Å²) in [7, 11) is 0. The Hall–Kier alpha value is -2.62. The van der Waals surface area contributed by atoms with Gasteiger partial charge in [0.1, 0.15) is 11.5 Å². The highest BCUT2D eigenvalue weighted by atomic mass is 35.5. The second kappa shape index (κ2) is 10.8. The molecular formula is C21H20Cl2F2N2O5. The summed E-state index contributed by atoms with van der Waals surface area (Å²) in [6.45, 7) is 0.299. The van der Waals surface area contributed by atoms with E-state index in [1.54, 1.807) is 12.1 Å². The highest BCUT2D eigenvalue weighted by Gasteiger charge is 2.32. The molecule has 3 N–H and O–H groups in total. The third-order valence-corrected chi connectivity index (χ3v) is 5.39. The van der Waals surface area contributed by atoms with Gasteiger partial charge in [-0.25, -0.2) is 8.78 Å². The maximum absolute atomic E-state index is 13.4. The van der Waals surface area contributed by atoms with Crippen molar-refractivity contribution in [1.29, 1.82) is 0 Å². The van der Waals surface area contributed by atoms with Crippen molar-refractivity contribution in [1.82, 2.24) is 10.6 Å². The first-order valence-electron chi connectivity index (χ1n) is 9.70. The van der Waals surface area contributed by atoms with Gasteiger partial charge in [0.15, 0.2) is 24.3 Å². The van der Waals surface area contributed by atoms with E-state index < -0.39 is 29.7 Å². The second-order valence-electron chi connectivity index (χ2n) is 7.02. The first-order valence-corrected chi connectivity index (χ1v) is 10.5. The van der Waals surface area contributed by atoms with Crippen LogP contribution in [0.2, 0.25) is 10.0 Å². The number of benzene rings is 2. The van der Waals surface area contributed by atoms with Crippen molar-refractivity contribution in [3.05, 3.63) is 57.6 Å². The van der Waals surface area contributed by atoms with Gasteiger partial charge in [0.2, 0.25) is 0 Å². The Bertz CT molecular complexity index is 1010. The van der Waals surface area contributed by atoms with Crippen LogP contribution in [0.1, 0.15) is 24.5 Å². The van der Waals surface area contributed by atoms with Crippen molar-refractivity contribution in [3.8, 4) is 11.5 Å². The van der Waals surface area contributed by atoms with E-state index in [-0.39, 0.29) is 43.3 Å². The second-order valence-corrected chi connectivity index (χ2v) is 7.84. The fourth-order valence-electron chi connectivity index (χ4n) is 3.01. The highest BCUT2D eigenvalue weighted by Crippen LogP contribution is 2.36. The molecular weight excluding hydrogens is 469 g/mol. The Balaban J connectivity index is 1.35. The minimum Gasteiger partial charge on any atom is -0.484 e. The van der Waals surface area contributed by atoms with Gasteiger partial charge in [0.25, 0.3) is 11.8 Å². The molecule has 0 saturated carbocycles. The number of nitrogens with one attached hydrogen (secondary N) is 2. The van der Waals surface area contributed by atoms with Gasteiger partial charge < -0.3 is 25.2 Å². The van der Waals surface area contributed by atoms with E-state index in [9.17, 15) is 23.5 Å². The smallest absolute Gasteiger partial charge is 0.261 e. The van der Waals surface area contributed by atoms with Crippen LogP contribution in [0.5, 0.6) is 11.5 Å². The topological polar surface area (TPSA) is 96.9 Å². The van der Waals surface area contributed by atoms with Gasteiger partial charge in [-0.2, -0.15) is 0 Å². The van der Waals surface area contributed by atoms with E-state index in [2.05, 4.69) is 10.6 Å². The molecule has 2 aromatic carbocycles. The molecule has 0 spiro atoms. The quantitative estimate of drug-likeness (QED) is 0.496. The first-order chi connectivity index (χ1) is 15.2. The van der Waals surface area contributed by atoms with Crippen molar-refractivity contribution in [3.63, 3.8) is 0 Å². The van der Waals surface area contributed by atoms with Crippen LogP contribution in [0, 0.1) is 11.6 Å². The lowest BCUT2D eigenvalue weighted by atomic mass is 9.98. The number of hydrogen-bond acceptors (Lipinski definition) is 5. The molecule has 0 unspecified atom stereocenters. The number of rotatable bonds is 8. The number of hydrogen-bond donors (Lipinski definition) is 3. The lowest BCUT2D eigenvalue weighted by Gasteiger charge is -2.28. The number of fused-ring (bicyclic) bond motifs is 1. The molecule has 11 heteroatoms. The zero-order chi connectivity index (χ0) is 23.3. The summed E-state index contributed by atoms with van der Waals surface area (Å²) >= 11 is 11.7. The van der Waals surface area contributed by atoms with Gasteiger partial charge in [-0.1, -0.05) is 23.2 Å². The Labute approximate surface area is 192 Å². The predicted octanol–water partition coefficient (Wildman–Crippen LogP) is 3.16. The minimum absolute atomic E-state index is 0.0722. The SMILES string of the molecule is O=C(COc1ccc(Cl)c(Cl)c1)NCCCNC(=O)[C@@H]1C[C@H](O)c2cc(F)c(F)cc2O1. The summed E-state index contributed by atoms with van der Waals surface area (Å²) in [4.78, 5) is 24.1. The first kappa shape index (κ1) is 24.0. The maximum Gasteiger partial charge on any atom is 0.261 e. The molecule has 172 valence electrons. The van der Waals surface area contributed by atoms with Gasteiger partial charge in [0.05, 0.1) is 16.1 Å². The maximum atomic E-state index is 13.4. The number of aliphatic hydroxyl groups excluding tert-OH is 1. The normalized spacial score (nSPS) is 17.2. The van der Waals surface area contributed by atoms with Crippen LogP contribution in [0.25, 0.3) is 0 Å². The fraction of sp³-hybridized carbons (Fsp3) is 0.333. The van der Waals surface area contributed by atoms with E-state index >= 15 is 0 Å². The molecule has 1 aliphatic heterocycles. The van der Waals surface area contributed by atoms with Crippen LogP contribution >= 0.6 is 23.2 Å². The van der Waals surface area contributed by atoms with E-state index in [0.29, 0.717) is 22.2 Å². The number of ether oxygens (including phenoxy) is 2. The van der Waals surface area contributed by atoms with Crippen molar-refractivity contribution in [2.45, 2.75) is 25.0 Å². The van der Waals surface area contributed by atoms with Crippen molar-refractivity contribution in [2.24, 2.45) is 0 Å². The summed E-state index contributed by atoms with van der Waals surface area (Å²) in [5, 5.41) is 16.1. The summed E-state index contributed by atoms with van der Waals surface area (Å²) in [6, 6.07) is 6.31. The average Bonchev–Trinajstić information content (AvgIpc) is 2.75. The van der Waals surface area contributed by atoms with E-state index in [1.807, 2.05) is 0 Å². The van der Waals surface area contributed by atoms with Gasteiger partial charge >= 0.3 is 0 Å². The molecule has 32 heavy (non-hydrogen) atoms. The highest BCUT2D eigenvalue weighted by molar-refractivity contribution is 6.42. The predicted molar refractivity (Wildman–Crippen MR) is 113 cm³/mol. The number of amides is 2. The molecule has 0 radical (unpaired) electrons. The number of halogens is 4. The van der Waals surface area contributed by atoms with E-state index in [0.717, 1.165) is 12.1 Å². The molecule has 0 bridgehead atoms.